The number of ether oxygens (including phenoxy) is 2. The lowest BCUT2D eigenvalue weighted by Gasteiger charge is -2.36. The van der Waals surface area contributed by atoms with Gasteiger partial charge in [-0.3, -0.25) is 14.5 Å². The van der Waals surface area contributed by atoms with Gasteiger partial charge in [0.2, 0.25) is 5.91 Å². The predicted molar refractivity (Wildman–Crippen MR) is 193 cm³/mol. The molecule has 3 aliphatic heterocycles. The van der Waals surface area contributed by atoms with E-state index in [0.717, 1.165) is 64.7 Å². The third-order valence-corrected chi connectivity index (χ3v) is 15.7. The number of amides is 2. The number of anilines is 2. The van der Waals surface area contributed by atoms with Crippen molar-refractivity contribution >= 4 is 47.2 Å². The van der Waals surface area contributed by atoms with Gasteiger partial charge >= 0.3 is 0 Å². The molecular weight excluding hydrogens is 617 g/mol. The zero-order valence-corrected chi connectivity index (χ0v) is 29.4. The summed E-state index contributed by atoms with van der Waals surface area (Å²) in [7, 11) is -0.436. The first-order chi connectivity index (χ1) is 23.2. The lowest BCUT2D eigenvalue weighted by molar-refractivity contribution is -0.135. The molecule has 2 fully saturated rings. The van der Waals surface area contributed by atoms with E-state index in [4.69, 9.17) is 9.47 Å². The van der Waals surface area contributed by atoms with Gasteiger partial charge in [-0.2, -0.15) is 0 Å². The van der Waals surface area contributed by atoms with E-state index >= 15 is 0 Å². The first kappa shape index (κ1) is 32.6. The van der Waals surface area contributed by atoms with Gasteiger partial charge in [0.15, 0.2) is 0 Å². The highest BCUT2D eigenvalue weighted by Crippen LogP contribution is 2.47. The molecule has 2 amide bonds. The van der Waals surface area contributed by atoms with Crippen LogP contribution in [0, 0.1) is 5.92 Å². The number of aliphatic hydroxyl groups excluding tert-OH is 1. The van der Waals surface area contributed by atoms with E-state index in [9.17, 15) is 14.7 Å². The van der Waals surface area contributed by atoms with Crippen molar-refractivity contribution in [3.05, 3.63) is 96.1 Å². The first-order valence-corrected chi connectivity index (χ1v) is 20.4. The molecule has 3 aliphatic rings. The predicted octanol–water partition coefficient (Wildman–Crippen LogP) is 6.84. The van der Waals surface area contributed by atoms with E-state index in [-0.39, 0.29) is 48.1 Å². The van der Waals surface area contributed by atoms with Crippen molar-refractivity contribution in [1.29, 1.82) is 0 Å². The number of carbonyl (C=O) groups excluding carboxylic acids is 2. The molecule has 2 saturated heterocycles. The van der Waals surface area contributed by atoms with Crippen molar-refractivity contribution in [2.45, 2.75) is 75.9 Å². The van der Waals surface area contributed by atoms with Crippen molar-refractivity contribution in [3.63, 3.8) is 0 Å². The Morgan fingerprint density at radius 2 is 1.75 bits per heavy atom. The largest absolute Gasteiger partial charge is 0.497 e. The highest BCUT2D eigenvalue weighted by molar-refractivity contribution is 6.91. The SMILES string of the molecule is COc1ccc([Si](C)(C)[C@H]2[C@H](C)[C@H](CCc3cccc(N4C(=O)c5cccc6cccc4c56)c3)O[C@@H]2CC(=O)N2CCC[C@H]2CO)cc1. The fourth-order valence-corrected chi connectivity index (χ4v) is 12.9. The summed E-state index contributed by atoms with van der Waals surface area (Å²) in [6.45, 7) is 7.83. The van der Waals surface area contributed by atoms with Crippen molar-refractivity contribution in [2.75, 3.05) is 25.2 Å². The molecule has 0 unspecified atom stereocenters. The number of benzene rings is 4. The number of aliphatic hydroxyl groups is 1. The minimum absolute atomic E-state index is 0.000109. The summed E-state index contributed by atoms with van der Waals surface area (Å²) in [5, 5.41) is 13.3. The van der Waals surface area contributed by atoms with Crippen molar-refractivity contribution in [1.82, 2.24) is 4.90 Å². The Labute approximate surface area is 284 Å². The topological polar surface area (TPSA) is 79.3 Å². The van der Waals surface area contributed by atoms with Crippen molar-refractivity contribution < 1.29 is 24.2 Å². The van der Waals surface area contributed by atoms with Crippen LogP contribution in [0.1, 0.15) is 48.5 Å². The third-order valence-electron chi connectivity index (χ3n) is 11.3. The monoisotopic (exact) mass is 662 g/mol. The average Bonchev–Trinajstić information content (AvgIpc) is 3.79. The number of carbonyl (C=O) groups is 2. The van der Waals surface area contributed by atoms with Gasteiger partial charge in [0.05, 0.1) is 57.7 Å². The van der Waals surface area contributed by atoms with Crippen LogP contribution in [0.15, 0.2) is 84.9 Å². The Morgan fingerprint density at radius 3 is 2.50 bits per heavy atom. The Morgan fingerprint density at radius 1 is 1.00 bits per heavy atom. The van der Waals surface area contributed by atoms with E-state index in [1.165, 1.54) is 5.19 Å². The van der Waals surface area contributed by atoms with Gasteiger partial charge < -0.3 is 19.5 Å². The Bertz CT molecular complexity index is 1820. The van der Waals surface area contributed by atoms with Crippen LogP contribution < -0.4 is 14.8 Å². The standard InChI is InChI=1S/C40H46N2O5Si/c1-26-35(21-16-27-9-5-12-29(23-27)42-34-15-7-11-28-10-6-14-33(38(28)34)40(42)45)47-36(24-37(44)41-22-8-13-30(41)25-43)39(26)48(3,4)32-19-17-31(46-2)18-20-32/h5-7,9-12,14-15,17-20,23,26,30,35-36,39,43H,8,13,16,21-22,24-25H2,1-4H3/t26-,30+,35+,36-,39+/m1/s1. The molecule has 7 rings (SSSR count). The normalized spacial score (nSPS) is 23.8. The molecule has 0 saturated carbocycles. The molecule has 0 spiro atoms. The Hall–Kier alpha value is -3.98. The van der Waals surface area contributed by atoms with Crippen LogP contribution in [-0.2, 0) is 16.0 Å². The second kappa shape index (κ2) is 13.1. The molecule has 48 heavy (non-hydrogen) atoms. The second-order valence-electron chi connectivity index (χ2n) is 14.3. The molecule has 8 heteroatoms. The quantitative estimate of drug-likeness (QED) is 0.188. The van der Waals surface area contributed by atoms with E-state index in [2.05, 4.69) is 56.4 Å². The summed E-state index contributed by atoms with van der Waals surface area (Å²) >= 11 is 0. The molecule has 4 aromatic carbocycles. The van der Waals surface area contributed by atoms with Crippen LogP contribution in [-0.4, -0.2) is 68.4 Å². The lowest BCUT2D eigenvalue weighted by atomic mass is 9.95. The zero-order chi connectivity index (χ0) is 33.6. The lowest BCUT2D eigenvalue weighted by Crippen LogP contribution is -2.51. The molecule has 4 aromatic rings. The highest BCUT2D eigenvalue weighted by atomic mass is 28.3. The second-order valence-corrected chi connectivity index (χ2v) is 19.0. The minimum atomic E-state index is -2.12. The number of nitrogens with zero attached hydrogens (tertiary/aromatic N) is 2. The van der Waals surface area contributed by atoms with Gasteiger partial charge in [-0.15, -0.1) is 0 Å². The highest BCUT2D eigenvalue weighted by Gasteiger charge is 2.51. The number of likely N-dealkylation sites (tertiary alicyclic amines) is 1. The molecule has 7 nitrogen and oxygen atoms in total. The van der Waals surface area contributed by atoms with E-state index in [1.807, 2.05) is 58.3 Å². The summed E-state index contributed by atoms with van der Waals surface area (Å²) in [4.78, 5) is 31.0. The van der Waals surface area contributed by atoms with Crippen LogP contribution in [0.3, 0.4) is 0 Å². The molecule has 0 radical (unpaired) electrons. The van der Waals surface area contributed by atoms with E-state index in [0.29, 0.717) is 13.0 Å². The van der Waals surface area contributed by atoms with Crippen LogP contribution in [0.25, 0.3) is 10.8 Å². The summed E-state index contributed by atoms with van der Waals surface area (Å²) in [5.41, 5.74) is 3.95. The number of methoxy groups -OCH3 is 1. The summed E-state index contributed by atoms with van der Waals surface area (Å²) < 4.78 is 12.4. The Kier molecular flexibility index (Phi) is 8.91. The maximum Gasteiger partial charge on any atom is 0.263 e. The molecule has 0 aromatic heterocycles. The number of hydrogen-bond donors (Lipinski definition) is 1. The molecular formula is C40H46N2O5Si. The fraction of sp³-hybridized carbons (Fsp3) is 0.400. The van der Waals surface area contributed by atoms with Crippen LogP contribution in [0.4, 0.5) is 11.4 Å². The van der Waals surface area contributed by atoms with Gasteiger partial charge in [-0.05, 0) is 84.5 Å². The van der Waals surface area contributed by atoms with Crippen LogP contribution in [0.2, 0.25) is 18.6 Å². The maximum atomic E-state index is 13.7. The Balaban J connectivity index is 1.12. The number of hydrogen-bond acceptors (Lipinski definition) is 5. The average molecular weight is 663 g/mol. The number of rotatable bonds is 10. The minimum Gasteiger partial charge on any atom is -0.497 e. The molecule has 0 bridgehead atoms. The molecule has 5 atom stereocenters. The van der Waals surface area contributed by atoms with Crippen molar-refractivity contribution in [2.24, 2.45) is 5.92 Å². The van der Waals surface area contributed by atoms with Gasteiger partial charge in [0.25, 0.3) is 5.91 Å². The van der Waals surface area contributed by atoms with Crippen molar-refractivity contribution in [3.8, 4) is 5.75 Å². The first-order valence-electron chi connectivity index (χ1n) is 17.4. The van der Waals surface area contributed by atoms with E-state index in [1.54, 1.807) is 7.11 Å². The van der Waals surface area contributed by atoms with Crippen LogP contribution >= 0.6 is 0 Å². The van der Waals surface area contributed by atoms with Gasteiger partial charge in [0.1, 0.15) is 5.75 Å². The maximum absolute atomic E-state index is 13.7. The van der Waals surface area contributed by atoms with Gasteiger partial charge in [0, 0.05) is 17.6 Å². The summed E-state index contributed by atoms with van der Waals surface area (Å²) in [6.07, 6.45) is 3.57. The van der Waals surface area contributed by atoms with Gasteiger partial charge in [-0.25, -0.2) is 0 Å². The summed E-state index contributed by atoms with van der Waals surface area (Å²) in [6, 6.07) is 28.7. The van der Waals surface area contributed by atoms with Crippen LogP contribution in [0.5, 0.6) is 5.75 Å². The summed E-state index contributed by atoms with van der Waals surface area (Å²) in [5.74, 6) is 1.20. The third kappa shape index (κ3) is 5.74. The van der Waals surface area contributed by atoms with Gasteiger partial charge in [-0.1, -0.05) is 73.7 Å². The molecule has 1 N–H and O–H groups in total. The zero-order valence-electron chi connectivity index (χ0n) is 28.4. The smallest absolute Gasteiger partial charge is 0.263 e. The van der Waals surface area contributed by atoms with E-state index < -0.39 is 8.07 Å². The molecule has 250 valence electrons. The number of aryl methyl sites for hydroxylation is 1. The molecule has 3 heterocycles. The molecule has 0 aliphatic carbocycles. The fourth-order valence-electron chi connectivity index (χ4n) is 8.82.